The quantitative estimate of drug-likeness (QED) is 0.734. The van der Waals surface area contributed by atoms with E-state index in [1.165, 1.54) is 0 Å². The van der Waals surface area contributed by atoms with E-state index in [4.69, 9.17) is 5.26 Å². The maximum Gasteiger partial charge on any atom is 0.283 e. The van der Waals surface area contributed by atoms with Gasteiger partial charge in [0.15, 0.2) is 6.19 Å². The molecule has 8 nitrogen and oxygen atoms in total. The van der Waals surface area contributed by atoms with Gasteiger partial charge in [-0.25, -0.2) is 10.9 Å². The van der Waals surface area contributed by atoms with E-state index < -0.39 is 10.2 Å². The van der Waals surface area contributed by atoms with Crippen LogP contribution < -0.4 is 10.9 Å². The van der Waals surface area contributed by atoms with Crippen LogP contribution in [0.3, 0.4) is 0 Å². The van der Waals surface area contributed by atoms with Crippen molar-refractivity contribution >= 4 is 10.2 Å². The Kier molecular flexibility index (Phi) is 4.39. The number of hydrogen-bond acceptors (Lipinski definition) is 6. The SMILES string of the molecule is N#CN1CC[C@@H](N2CCN(C3CC(c4ccccc4)NN3)S2(=O)=O)C1. The summed E-state index contributed by atoms with van der Waals surface area (Å²) in [5.41, 5.74) is 7.50. The van der Waals surface area contributed by atoms with Crippen molar-refractivity contribution in [3.8, 4) is 6.19 Å². The third kappa shape index (κ3) is 3.01. The fraction of sp³-hybridized carbons (Fsp3) is 0.562. The van der Waals surface area contributed by atoms with E-state index >= 15 is 0 Å². The van der Waals surface area contributed by atoms with Gasteiger partial charge in [0.2, 0.25) is 0 Å². The van der Waals surface area contributed by atoms with Gasteiger partial charge in [0.25, 0.3) is 10.2 Å². The summed E-state index contributed by atoms with van der Waals surface area (Å²) in [5, 5.41) is 9.00. The molecule has 0 spiro atoms. The molecule has 0 amide bonds. The molecule has 0 aromatic heterocycles. The standard InChI is InChI=1S/C16H22N6O2S/c17-12-20-7-6-14(11-20)21-8-9-22(25(21,23)24)16-10-15(18-19-16)13-4-2-1-3-5-13/h1-5,14-16,18-19H,6-11H2/t14-,15?,16?/m1/s1. The number of nitrogens with one attached hydrogen (secondary N) is 2. The molecule has 3 heterocycles. The van der Waals surface area contributed by atoms with Crippen LogP contribution in [-0.4, -0.2) is 60.3 Å². The highest BCUT2D eigenvalue weighted by Crippen LogP contribution is 2.30. The molecule has 9 heteroatoms. The zero-order valence-corrected chi connectivity index (χ0v) is 14.7. The number of hydrazine groups is 1. The zero-order valence-electron chi connectivity index (χ0n) is 13.9. The summed E-state index contributed by atoms with van der Waals surface area (Å²) in [6.07, 6.45) is 3.25. The minimum absolute atomic E-state index is 0.0935. The monoisotopic (exact) mass is 362 g/mol. The largest absolute Gasteiger partial charge is 0.309 e. The van der Waals surface area contributed by atoms with E-state index in [0.717, 1.165) is 5.56 Å². The molecule has 3 atom stereocenters. The van der Waals surface area contributed by atoms with Gasteiger partial charge in [-0.1, -0.05) is 30.3 Å². The fourth-order valence-corrected chi connectivity index (χ4v) is 5.85. The third-order valence-electron chi connectivity index (χ3n) is 5.28. The molecular weight excluding hydrogens is 340 g/mol. The van der Waals surface area contributed by atoms with Gasteiger partial charge in [0.05, 0.1) is 6.17 Å². The molecule has 3 saturated heterocycles. The number of benzene rings is 1. The minimum atomic E-state index is -3.50. The Morgan fingerprint density at radius 3 is 2.56 bits per heavy atom. The Balaban J connectivity index is 1.45. The van der Waals surface area contributed by atoms with Gasteiger partial charge in [-0.2, -0.15) is 22.3 Å². The first kappa shape index (κ1) is 16.8. The van der Waals surface area contributed by atoms with Crippen molar-refractivity contribution in [3.63, 3.8) is 0 Å². The Morgan fingerprint density at radius 1 is 1.08 bits per heavy atom. The zero-order chi connectivity index (χ0) is 17.4. The predicted molar refractivity (Wildman–Crippen MR) is 91.8 cm³/mol. The van der Waals surface area contributed by atoms with Crippen molar-refractivity contribution in [1.82, 2.24) is 24.4 Å². The molecule has 1 aromatic carbocycles. The van der Waals surface area contributed by atoms with Crippen LogP contribution in [0.2, 0.25) is 0 Å². The molecule has 25 heavy (non-hydrogen) atoms. The summed E-state index contributed by atoms with van der Waals surface area (Å²) in [5.74, 6) is 0. The molecule has 0 radical (unpaired) electrons. The van der Waals surface area contributed by atoms with Crippen molar-refractivity contribution < 1.29 is 8.42 Å². The summed E-state index contributed by atoms with van der Waals surface area (Å²) < 4.78 is 29.1. The van der Waals surface area contributed by atoms with Crippen LogP contribution >= 0.6 is 0 Å². The third-order valence-corrected chi connectivity index (χ3v) is 7.38. The van der Waals surface area contributed by atoms with Crippen LogP contribution in [0.25, 0.3) is 0 Å². The summed E-state index contributed by atoms with van der Waals surface area (Å²) in [6.45, 7) is 2.09. The van der Waals surface area contributed by atoms with Crippen molar-refractivity contribution in [3.05, 3.63) is 35.9 Å². The van der Waals surface area contributed by atoms with E-state index in [-0.39, 0.29) is 18.2 Å². The summed E-state index contributed by atoms with van der Waals surface area (Å²) >= 11 is 0. The molecule has 4 rings (SSSR count). The van der Waals surface area contributed by atoms with E-state index in [9.17, 15) is 8.42 Å². The van der Waals surface area contributed by atoms with Gasteiger partial charge < -0.3 is 4.90 Å². The van der Waals surface area contributed by atoms with Gasteiger partial charge in [-0.3, -0.25) is 0 Å². The lowest BCUT2D eigenvalue weighted by molar-refractivity contribution is 0.313. The molecule has 2 N–H and O–H groups in total. The topological polar surface area (TPSA) is 91.7 Å². The lowest BCUT2D eigenvalue weighted by Gasteiger charge is -2.26. The van der Waals surface area contributed by atoms with Gasteiger partial charge in [-0.15, -0.1) is 0 Å². The first-order chi connectivity index (χ1) is 12.1. The van der Waals surface area contributed by atoms with E-state index in [2.05, 4.69) is 17.0 Å². The van der Waals surface area contributed by atoms with Crippen LogP contribution in [0.15, 0.2) is 30.3 Å². The van der Waals surface area contributed by atoms with Crippen LogP contribution in [0.5, 0.6) is 0 Å². The second-order valence-corrected chi connectivity index (χ2v) is 8.55. The van der Waals surface area contributed by atoms with Gasteiger partial charge in [-0.05, 0) is 18.4 Å². The molecule has 3 aliphatic heterocycles. The smallest absolute Gasteiger partial charge is 0.283 e. The maximum atomic E-state index is 13.0. The van der Waals surface area contributed by atoms with Crippen molar-refractivity contribution in [2.24, 2.45) is 0 Å². The first-order valence-corrected chi connectivity index (χ1v) is 9.98. The molecule has 0 bridgehead atoms. The molecule has 1 aromatic rings. The first-order valence-electron chi connectivity index (χ1n) is 8.59. The van der Waals surface area contributed by atoms with Crippen LogP contribution in [0.1, 0.15) is 24.4 Å². The van der Waals surface area contributed by atoms with Gasteiger partial charge >= 0.3 is 0 Å². The fourth-order valence-electron chi connectivity index (χ4n) is 3.95. The highest BCUT2D eigenvalue weighted by atomic mass is 32.2. The summed E-state index contributed by atoms with van der Waals surface area (Å²) in [7, 11) is -3.50. The lowest BCUT2D eigenvalue weighted by atomic mass is 10.0. The highest BCUT2D eigenvalue weighted by molar-refractivity contribution is 7.87. The molecule has 2 unspecified atom stereocenters. The van der Waals surface area contributed by atoms with Crippen LogP contribution in [0.4, 0.5) is 0 Å². The molecule has 3 fully saturated rings. The highest BCUT2D eigenvalue weighted by Gasteiger charge is 2.47. The molecule has 0 saturated carbocycles. The number of nitriles is 1. The molecule has 3 aliphatic rings. The number of rotatable bonds is 3. The predicted octanol–water partition coefficient (Wildman–Crippen LogP) is -0.0305. The van der Waals surface area contributed by atoms with E-state index in [0.29, 0.717) is 39.0 Å². The average Bonchev–Trinajstić information content (AvgIpc) is 3.33. The Labute approximate surface area is 148 Å². The van der Waals surface area contributed by atoms with Crippen LogP contribution in [0, 0.1) is 11.5 Å². The number of hydrogen-bond donors (Lipinski definition) is 2. The van der Waals surface area contributed by atoms with E-state index in [1.54, 1.807) is 13.5 Å². The van der Waals surface area contributed by atoms with E-state index in [1.807, 2.05) is 30.3 Å². The second-order valence-electron chi connectivity index (χ2n) is 6.72. The Bertz CT molecular complexity index is 765. The number of nitrogens with zero attached hydrogens (tertiary/aromatic N) is 4. The number of likely N-dealkylation sites (tertiary alicyclic amines) is 1. The van der Waals surface area contributed by atoms with Crippen LogP contribution in [-0.2, 0) is 10.2 Å². The van der Waals surface area contributed by atoms with Crippen molar-refractivity contribution in [2.75, 3.05) is 26.2 Å². The maximum absolute atomic E-state index is 13.0. The van der Waals surface area contributed by atoms with Crippen molar-refractivity contribution in [1.29, 1.82) is 5.26 Å². The average molecular weight is 362 g/mol. The van der Waals surface area contributed by atoms with Gasteiger partial charge in [0, 0.05) is 38.3 Å². The summed E-state index contributed by atoms with van der Waals surface area (Å²) in [4.78, 5) is 1.63. The summed E-state index contributed by atoms with van der Waals surface area (Å²) in [6, 6.07) is 10.0. The van der Waals surface area contributed by atoms with Crippen molar-refractivity contribution in [2.45, 2.75) is 31.1 Å². The van der Waals surface area contributed by atoms with Gasteiger partial charge in [0.1, 0.15) is 0 Å². The molecular formula is C16H22N6O2S. The second kappa shape index (κ2) is 6.55. The molecule has 0 aliphatic carbocycles. The lowest BCUT2D eigenvalue weighted by Crippen LogP contribution is -2.48. The Hall–Kier alpha value is -1.70. The minimum Gasteiger partial charge on any atom is -0.309 e. The Morgan fingerprint density at radius 2 is 1.84 bits per heavy atom. The molecule has 134 valence electrons. The normalized spacial score (nSPS) is 32.9.